The Morgan fingerprint density at radius 1 is 1.00 bits per heavy atom. The summed E-state index contributed by atoms with van der Waals surface area (Å²) >= 11 is 6.48. The lowest BCUT2D eigenvalue weighted by molar-refractivity contribution is -0.141. The Kier molecular flexibility index (Phi) is 9.10. The van der Waals surface area contributed by atoms with Crippen LogP contribution in [0.1, 0.15) is 71.2 Å². The number of piperidine rings is 1. The van der Waals surface area contributed by atoms with Crippen LogP contribution >= 0.6 is 11.6 Å². The fraction of sp³-hybridized carbons (Fsp3) is 0.516. The summed E-state index contributed by atoms with van der Waals surface area (Å²) in [6, 6.07) is 4.40. The Morgan fingerprint density at radius 3 is 2.33 bits per heavy atom. The summed E-state index contributed by atoms with van der Waals surface area (Å²) in [4.78, 5) is 46.9. The van der Waals surface area contributed by atoms with Crippen LogP contribution in [0, 0.1) is 5.92 Å². The molecule has 11 nitrogen and oxygen atoms in total. The molecule has 246 valence electrons. The molecule has 3 fully saturated rings. The minimum Gasteiger partial charge on any atom is -0.339 e. The van der Waals surface area contributed by atoms with E-state index in [4.69, 9.17) is 11.6 Å². The third-order valence-electron chi connectivity index (χ3n) is 9.19. The van der Waals surface area contributed by atoms with Crippen LogP contribution in [0.3, 0.4) is 0 Å². The second-order valence-corrected chi connectivity index (χ2v) is 12.5. The van der Waals surface area contributed by atoms with Crippen molar-refractivity contribution in [1.29, 1.82) is 0 Å². The van der Waals surface area contributed by atoms with Crippen LogP contribution in [0.5, 0.6) is 0 Å². The van der Waals surface area contributed by atoms with E-state index in [1.54, 1.807) is 4.90 Å². The van der Waals surface area contributed by atoms with Gasteiger partial charge in [0.05, 0.1) is 34.1 Å². The van der Waals surface area contributed by atoms with Crippen LogP contribution in [0.2, 0.25) is 5.02 Å². The standard InChI is InChI=1S/C31H36ClF3N8O3/c1-40-25(23-18-43(21-4-2-3-5-21)39-26(23)31(33,34)35)17-37-27(40)28(44)38-20-6-7-22(24(32)16-20)30(46)42-14-12-41(13-15-42)29(45)19-8-10-36-11-9-19/h6-7,16-19,21,36H,2-5,8-15H2,1H3,(H,38,44). The summed E-state index contributed by atoms with van der Waals surface area (Å²) in [6.07, 6.45) is 2.99. The Labute approximate surface area is 269 Å². The maximum atomic E-state index is 13.9. The van der Waals surface area contributed by atoms with E-state index in [2.05, 4.69) is 20.7 Å². The molecule has 0 spiro atoms. The molecule has 0 radical (unpaired) electrons. The predicted molar refractivity (Wildman–Crippen MR) is 164 cm³/mol. The summed E-state index contributed by atoms with van der Waals surface area (Å²) in [5, 5.41) is 9.95. The zero-order valence-corrected chi connectivity index (χ0v) is 26.2. The number of alkyl halides is 3. The summed E-state index contributed by atoms with van der Waals surface area (Å²) in [5.74, 6) is -0.869. The number of hydrogen-bond donors (Lipinski definition) is 2. The fourth-order valence-electron chi connectivity index (χ4n) is 6.60. The minimum absolute atomic E-state index is 0.0241. The van der Waals surface area contributed by atoms with E-state index >= 15 is 0 Å². The van der Waals surface area contributed by atoms with Gasteiger partial charge in [0.1, 0.15) is 0 Å². The molecule has 0 atom stereocenters. The lowest BCUT2D eigenvalue weighted by atomic mass is 9.96. The van der Waals surface area contributed by atoms with Crippen LogP contribution in [0.4, 0.5) is 18.9 Å². The zero-order valence-electron chi connectivity index (χ0n) is 25.4. The molecule has 2 aliphatic heterocycles. The maximum Gasteiger partial charge on any atom is 0.435 e. The van der Waals surface area contributed by atoms with Crippen molar-refractivity contribution in [1.82, 2.24) is 34.4 Å². The average molecular weight is 661 g/mol. The highest BCUT2D eigenvalue weighted by atomic mass is 35.5. The third kappa shape index (κ3) is 6.50. The molecular weight excluding hydrogens is 625 g/mol. The van der Waals surface area contributed by atoms with E-state index in [-0.39, 0.29) is 51.4 Å². The Hall–Kier alpha value is -3.91. The lowest BCUT2D eigenvalue weighted by Gasteiger charge is -2.37. The molecule has 0 unspecified atom stereocenters. The van der Waals surface area contributed by atoms with Crippen molar-refractivity contribution in [2.75, 3.05) is 44.6 Å². The highest BCUT2D eigenvalue weighted by molar-refractivity contribution is 6.34. The van der Waals surface area contributed by atoms with Crippen molar-refractivity contribution < 1.29 is 27.6 Å². The van der Waals surface area contributed by atoms with Gasteiger partial charge < -0.3 is 25.0 Å². The fourth-order valence-corrected chi connectivity index (χ4v) is 6.86. The number of halogens is 4. The number of carbonyl (C=O) groups excluding carboxylic acids is 3. The number of carbonyl (C=O) groups is 3. The zero-order chi connectivity index (χ0) is 32.6. The molecule has 1 aromatic carbocycles. The number of benzene rings is 1. The third-order valence-corrected chi connectivity index (χ3v) is 9.50. The van der Waals surface area contributed by atoms with Crippen LogP contribution in [0.25, 0.3) is 11.3 Å². The minimum atomic E-state index is -4.68. The molecule has 2 saturated heterocycles. The first-order chi connectivity index (χ1) is 22.0. The molecule has 15 heteroatoms. The largest absolute Gasteiger partial charge is 0.435 e. The number of nitrogens with zero attached hydrogens (tertiary/aromatic N) is 6. The molecule has 0 bridgehead atoms. The van der Waals surface area contributed by atoms with Crippen molar-refractivity contribution in [3.63, 3.8) is 0 Å². The van der Waals surface area contributed by atoms with Crippen LogP contribution in [-0.4, -0.2) is 86.1 Å². The van der Waals surface area contributed by atoms with Crippen molar-refractivity contribution in [3.8, 4) is 11.3 Å². The van der Waals surface area contributed by atoms with Gasteiger partial charge in [0.25, 0.3) is 11.8 Å². The number of aromatic nitrogens is 4. The first kappa shape index (κ1) is 32.0. The van der Waals surface area contributed by atoms with Crippen LogP contribution in [-0.2, 0) is 18.0 Å². The summed E-state index contributed by atoms with van der Waals surface area (Å²) in [5.41, 5.74) is -0.500. The lowest BCUT2D eigenvalue weighted by Crippen LogP contribution is -2.52. The van der Waals surface area contributed by atoms with Gasteiger partial charge in [0, 0.05) is 51.0 Å². The Bertz CT molecular complexity index is 1620. The summed E-state index contributed by atoms with van der Waals surface area (Å²) in [6.45, 7) is 3.36. The highest BCUT2D eigenvalue weighted by Gasteiger charge is 2.39. The molecule has 3 amide bonds. The first-order valence-electron chi connectivity index (χ1n) is 15.6. The smallest absolute Gasteiger partial charge is 0.339 e. The first-order valence-corrected chi connectivity index (χ1v) is 16.0. The molecular formula is C31H36ClF3N8O3. The van der Waals surface area contributed by atoms with Crippen molar-refractivity contribution in [2.24, 2.45) is 13.0 Å². The molecule has 6 rings (SSSR count). The second kappa shape index (κ2) is 13.1. The number of nitrogens with one attached hydrogen (secondary N) is 2. The van der Waals surface area contributed by atoms with E-state index in [1.807, 2.05) is 4.90 Å². The van der Waals surface area contributed by atoms with Gasteiger partial charge in [-0.15, -0.1) is 0 Å². The van der Waals surface area contributed by atoms with E-state index in [1.165, 1.54) is 46.9 Å². The molecule has 2 N–H and O–H groups in total. The normalized spacial score (nSPS) is 18.3. The van der Waals surface area contributed by atoms with E-state index in [0.717, 1.165) is 51.6 Å². The topological polar surface area (TPSA) is 117 Å². The van der Waals surface area contributed by atoms with Crippen molar-refractivity contribution in [2.45, 2.75) is 50.7 Å². The molecule has 1 saturated carbocycles. The van der Waals surface area contributed by atoms with E-state index in [0.29, 0.717) is 31.9 Å². The average Bonchev–Trinajstić information content (AvgIpc) is 3.81. The summed E-state index contributed by atoms with van der Waals surface area (Å²) < 4.78 is 44.5. The molecule has 46 heavy (non-hydrogen) atoms. The molecule has 3 aliphatic rings. The van der Waals surface area contributed by atoms with E-state index in [9.17, 15) is 27.6 Å². The highest BCUT2D eigenvalue weighted by Crippen LogP contribution is 2.39. The van der Waals surface area contributed by atoms with Gasteiger partial charge in [-0.2, -0.15) is 18.3 Å². The Balaban J connectivity index is 1.11. The molecule has 2 aromatic heterocycles. The number of rotatable bonds is 6. The molecule has 1 aliphatic carbocycles. The van der Waals surface area contributed by atoms with Crippen molar-refractivity contribution >= 4 is 35.0 Å². The van der Waals surface area contributed by atoms with E-state index < -0.39 is 17.8 Å². The summed E-state index contributed by atoms with van der Waals surface area (Å²) in [7, 11) is 1.47. The maximum absolute atomic E-state index is 13.9. The van der Waals surface area contributed by atoms with Crippen LogP contribution < -0.4 is 10.6 Å². The molecule has 3 aromatic rings. The number of piperazine rings is 1. The van der Waals surface area contributed by atoms with Gasteiger partial charge >= 0.3 is 6.18 Å². The van der Waals surface area contributed by atoms with Gasteiger partial charge in [0.2, 0.25) is 5.91 Å². The van der Waals surface area contributed by atoms with Gasteiger partial charge in [-0.3, -0.25) is 19.1 Å². The van der Waals surface area contributed by atoms with Gasteiger partial charge in [0.15, 0.2) is 11.5 Å². The predicted octanol–water partition coefficient (Wildman–Crippen LogP) is 4.61. The number of amides is 3. The number of anilines is 1. The second-order valence-electron chi connectivity index (χ2n) is 12.1. The van der Waals surface area contributed by atoms with Crippen LogP contribution in [0.15, 0.2) is 30.6 Å². The van der Waals surface area contributed by atoms with Gasteiger partial charge in [-0.25, -0.2) is 4.98 Å². The number of hydrogen-bond acceptors (Lipinski definition) is 6. The quantitative estimate of drug-likeness (QED) is 0.399. The van der Waals surface area contributed by atoms with Gasteiger partial charge in [-0.05, 0) is 57.0 Å². The Morgan fingerprint density at radius 2 is 1.67 bits per heavy atom. The SMILES string of the molecule is Cn1c(-c2cn(C3CCCC3)nc2C(F)(F)F)cnc1C(=O)Nc1ccc(C(=O)N2CCN(C(=O)C3CCNCC3)CC2)c(Cl)c1. The molecule has 4 heterocycles. The monoisotopic (exact) mass is 660 g/mol. The number of imidazole rings is 1. The van der Waals surface area contributed by atoms with Crippen molar-refractivity contribution in [3.05, 3.63) is 52.7 Å². The van der Waals surface area contributed by atoms with Gasteiger partial charge in [-0.1, -0.05) is 24.4 Å².